The predicted octanol–water partition coefficient (Wildman–Crippen LogP) is -0.898. The quantitative estimate of drug-likeness (QED) is 0.348. The van der Waals surface area contributed by atoms with E-state index in [1.54, 1.807) is 0 Å². The third kappa shape index (κ3) is 363. The molecule has 0 rings (SSSR count). The molecule has 0 amide bonds. The number of hydrogen-bond donors (Lipinski definition) is 2. The third-order valence-electron chi connectivity index (χ3n) is 0. The molecule has 0 saturated heterocycles. The fraction of sp³-hybridized carbons (Fsp3) is 0. The Morgan fingerprint density at radius 2 is 1.00 bits per heavy atom. The minimum atomic E-state index is 0.500. The average Bonchev–Trinajstić information content (AvgIpc) is 1.75. The molecule has 0 unspecified atom stereocenters. The van der Waals surface area contributed by atoms with Crippen LogP contribution in [0, 0.1) is 0 Å². The molecule has 0 saturated carbocycles. The Labute approximate surface area is 57.0 Å². The summed E-state index contributed by atoms with van der Waals surface area (Å²) in [5.74, 6) is 0. The molecular formula is C2H2O5Ti. The van der Waals surface area contributed by atoms with Gasteiger partial charge in [0, 0.05) is 0 Å². The van der Waals surface area contributed by atoms with E-state index in [1.165, 1.54) is 0 Å². The molecule has 0 aromatic rings. The molecule has 0 aliphatic heterocycles. The standard InChI is InChI=1S/2CHO2.O.Ti/c2*2-1-3;;/h2*(H,2,3);;/q2*-1;;+2. The summed E-state index contributed by atoms with van der Waals surface area (Å²) in [7, 11) is 0. The van der Waals surface area contributed by atoms with Gasteiger partial charge in [-0.25, -0.2) is 0 Å². The summed E-state index contributed by atoms with van der Waals surface area (Å²) in [5, 5.41) is 13.5. The van der Waals surface area contributed by atoms with Crippen LogP contribution >= 0.6 is 0 Å². The van der Waals surface area contributed by atoms with Crippen molar-refractivity contribution < 1.29 is 43.5 Å². The molecule has 0 atom stereocenters. The second-order valence-electron chi connectivity index (χ2n) is 0.183. The van der Waals surface area contributed by atoms with E-state index in [0.29, 0.717) is 12.9 Å². The van der Waals surface area contributed by atoms with E-state index >= 15 is 0 Å². The van der Waals surface area contributed by atoms with Crippen molar-refractivity contribution in [2.75, 3.05) is 0 Å². The second kappa shape index (κ2) is 90.8. The van der Waals surface area contributed by atoms with Gasteiger partial charge in [-0.2, -0.15) is 0 Å². The normalized spacial score (nSPS) is 3.75. The molecule has 0 aliphatic carbocycles. The molecular weight excluding hydrogens is 152 g/mol. The molecule has 8 heavy (non-hydrogen) atoms. The Morgan fingerprint density at radius 3 is 1.00 bits per heavy atom. The monoisotopic (exact) mass is 154 g/mol. The summed E-state index contributed by atoms with van der Waals surface area (Å²) < 4.78 is 8.25. The van der Waals surface area contributed by atoms with Crippen molar-refractivity contribution in [3.63, 3.8) is 0 Å². The van der Waals surface area contributed by atoms with Crippen LogP contribution in [0.15, 0.2) is 0 Å². The Bertz CT molecular complexity index is 39.7. The number of rotatable bonds is 0. The van der Waals surface area contributed by atoms with E-state index in [0.717, 1.165) is 20.4 Å². The molecule has 0 aromatic heterocycles. The van der Waals surface area contributed by atoms with E-state index < -0.39 is 0 Å². The Hall–Kier alpha value is -0.546. The van der Waals surface area contributed by atoms with Gasteiger partial charge in [0.2, 0.25) is 0 Å². The van der Waals surface area contributed by atoms with Crippen LogP contribution < -0.4 is 0 Å². The third-order valence-corrected chi connectivity index (χ3v) is 0. The first-order valence-corrected chi connectivity index (χ1v) is 1.70. The fourth-order valence-electron chi connectivity index (χ4n) is 0. The van der Waals surface area contributed by atoms with Crippen LogP contribution in [-0.2, 0) is 33.3 Å². The zero-order valence-corrected chi connectivity index (χ0v) is 5.18. The van der Waals surface area contributed by atoms with E-state index in [4.69, 9.17) is 23.1 Å². The molecule has 0 heterocycles. The first-order chi connectivity index (χ1) is 3.83. The van der Waals surface area contributed by atoms with E-state index in [-0.39, 0.29) is 0 Å². The Balaban J connectivity index is -0.0000000483. The van der Waals surface area contributed by atoms with Crippen molar-refractivity contribution >= 4 is 12.9 Å². The van der Waals surface area contributed by atoms with Gasteiger partial charge in [0.05, 0.1) is 0 Å². The molecule has 2 N–H and O–H groups in total. The van der Waals surface area contributed by atoms with Crippen molar-refractivity contribution in [2.45, 2.75) is 0 Å². The van der Waals surface area contributed by atoms with Gasteiger partial charge in [0.15, 0.2) is 0 Å². The summed E-state index contributed by atoms with van der Waals surface area (Å²) in [6.45, 7) is 1.00. The fourth-order valence-corrected chi connectivity index (χ4v) is 0. The maximum atomic E-state index is 8.25. The molecule has 0 fully saturated rings. The molecule has 0 radical (unpaired) electrons. The zero-order valence-electron chi connectivity index (χ0n) is 3.62. The molecule has 0 aromatic carbocycles. The molecule has 44 valence electrons. The van der Waals surface area contributed by atoms with Crippen LogP contribution in [0.25, 0.3) is 0 Å². The van der Waals surface area contributed by atoms with Gasteiger partial charge in [-0.3, -0.25) is 0 Å². The van der Waals surface area contributed by atoms with Gasteiger partial charge < -0.3 is 19.8 Å². The first-order valence-electron chi connectivity index (χ1n) is 1.06. The summed E-state index contributed by atoms with van der Waals surface area (Å²) in [6.07, 6.45) is 0. The van der Waals surface area contributed by atoms with Crippen LogP contribution in [0.1, 0.15) is 0 Å². The van der Waals surface area contributed by atoms with Crippen molar-refractivity contribution in [1.29, 1.82) is 0 Å². The topological polar surface area (TPSA) is 91.7 Å². The summed E-state index contributed by atoms with van der Waals surface area (Å²) >= 11 is 0.750. The first kappa shape index (κ1) is 15.7. The van der Waals surface area contributed by atoms with Crippen LogP contribution in [0.2, 0.25) is 0 Å². The van der Waals surface area contributed by atoms with Crippen molar-refractivity contribution in [1.82, 2.24) is 0 Å². The second-order valence-corrected chi connectivity index (χ2v) is 0.183. The number of hydrogen-bond acceptors (Lipinski definition) is 3. The van der Waals surface area contributed by atoms with Crippen molar-refractivity contribution in [3.8, 4) is 0 Å². The van der Waals surface area contributed by atoms with Gasteiger partial charge in [-0.05, 0) is 0 Å². The van der Waals surface area contributed by atoms with Crippen LogP contribution in [0.3, 0.4) is 0 Å². The van der Waals surface area contributed by atoms with Gasteiger partial charge in [0.25, 0.3) is 0 Å². The van der Waals surface area contributed by atoms with Crippen LogP contribution in [0.4, 0.5) is 0 Å². The molecule has 5 nitrogen and oxygen atoms in total. The van der Waals surface area contributed by atoms with Crippen LogP contribution in [0.5, 0.6) is 0 Å². The predicted molar refractivity (Wildman–Crippen MR) is 17.3 cm³/mol. The van der Waals surface area contributed by atoms with Gasteiger partial charge in [0.1, 0.15) is 0 Å². The zero-order chi connectivity index (χ0) is 7.41. The Morgan fingerprint density at radius 1 is 1.00 bits per heavy atom. The van der Waals surface area contributed by atoms with E-state index in [1.807, 2.05) is 0 Å². The summed E-state index contributed by atoms with van der Waals surface area (Å²) in [6, 6.07) is 0. The van der Waals surface area contributed by atoms with Gasteiger partial charge >= 0.3 is 23.7 Å². The molecule has 0 aliphatic rings. The van der Waals surface area contributed by atoms with Gasteiger partial charge in [-0.15, -0.1) is 0 Å². The average molecular weight is 154 g/mol. The molecule has 0 bridgehead atoms. The SMILES string of the molecule is O=[C-]O.O=[C-]O.[O]=[Ti+2]. The van der Waals surface area contributed by atoms with Crippen molar-refractivity contribution in [2.24, 2.45) is 0 Å². The van der Waals surface area contributed by atoms with Crippen LogP contribution in [-0.4, -0.2) is 23.2 Å². The number of aliphatic hydroxyl groups excluding tert-OH is 2. The van der Waals surface area contributed by atoms with Crippen molar-refractivity contribution in [3.05, 3.63) is 0 Å². The molecule has 6 heteroatoms. The molecule has 0 spiro atoms. The van der Waals surface area contributed by atoms with Gasteiger partial charge in [-0.1, -0.05) is 12.9 Å². The maximum absolute atomic E-state index is 8.25. The van der Waals surface area contributed by atoms with E-state index in [2.05, 4.69) is 0 Å². The Kier molecular flexibility index (Phi) is 178. The van der Waals surface area contributed by atoms with E-state index in [9.17, 15) is 0 Å². The summed E-state index contributed by atoms with van der Waals surface area (Å²) in [4.78, 5) is 16.5. The minimum absolute atomic E-state index is 0.500. The summed E-state index contributed by atoms with van der Waals surface area (Å²) in [5.41, 5.74) is 0.